The van der Waals surface area contributed by atoms with Crippen molar-refractivity contribution < 1.29 is 4.42 Å². The summed E-state index contributed by atoms with van der Waals surface area (Å²) < 4.78 is 5.56. The molecule has 0 bridgehead atoms. The lowest BCUT2D eigenvalue weighted by molar-refractivity contribution is 0.227. The third-order valence-electron chi connectivity index (χ3n) is 3.53. The van der Waals surface area contributed by atoms with Gasteiger partial charge in [0, 0.05) is 6.04 Å². The minimum absolute atomic E-state index is 0.419. The number of nitrogens with one attached hydrogen (secondary N) is 2. The second-order valence-electron chi connectivity index (χ2n) is 5.88. The van der Waals surface area contributed by atoms with Crippen molar-refractivity contribution in [2.45, 2.75) is 59.0 Å². The molecule has 1 fully saturated rings. The number of hydrogen-bond donors (Lipinski definition) is 2. The molecule has 2 N–H and O–H groups in total. The third kappa shape index (κ3) is 3.70. The van der Waals surface area contributed by atoms with Crippen molar-refractivity contribution in [3.8, 4) is 0 Å². The highest BCUT2D eigenvalue weighted by molar-refractivity contribution is 5.20. The lowest BCUT2D eigenvalue weighted by Crippen LogP contribution is -2.31. The Morgan fingerprint density at radius 3 is 2.94 bits per heavy atom. The van der Waals surface area contributed by atoms with E-state index in [1.165, 1.54) is 19.3 Å². The molecular formula is C13H24N4O. The molecule has 1 saturated carbocycles. The lowest BCUT2D eigenvalue weighted by Gasteiger charge is -2.35. The van der Waals surface area contributed by atoms with Crippen LogP contribution >= 0.6 is 0 Å². The van der Waals surface area contributed by atoms with Crippen molar-refractivity contribution in [1.29, 1.82) is 0 Å². The summed E-state index contributed by atoms with van der Waals surface area (Å²) in [5.74, 6) is 0.648. The van der Waals surface area contributed by atoms with Gasteiger partial charge in [0.05, 0.1) is 6.54 Å². The average molecular weight is 252 g/mol. The molecule has 0 saturated heterocycles. The highest BCUT2D eigenvalue weighted by Gasteiger charge is 2.28. The van der Waals surface area contributed by atoms with E-state index in [4.69, 9.17) is 4.42 Å². The van der Waals surface area contributed by atoms with Gasteiger partial charge in [-0.15, -0.1) is 5.10 Å². The van der Waals surface area contributed by atoms with Gasteiger partial charge in [0.25, 0.3) is 0 Å². The molecule has 1 aromatic rings. The number of hydrogen-bond acceptors (Lipinski definition) is 5. The Labute approximate surface area is 109 Å². The minimum atomic E-state index is 0.419. The Bertz CT molecular complexity index is 375. The number of rotatable bonds is 5. The van der Waals surface area contributed by atoms with Crippen LogP contribution in [0.2, 0.25) is 0 Å². The van der Waals surface area contributed by atoms with Gasteiger partial charge >= 0.3 is 6.01 Å². The van der Waals surface area contributed by atoms with Crippen LogP contribution in [-0.2, 0) is 6.54 Å². The molecule has 102 valence electrons. The summed E-state index contributed by atoms with van der Waals surface area (Å²) in [6.07, 6.45) is 4.93. The maximum Gasteiger partial charge on any atom is 0.315 e. The van der Waals surface area contributed by atoms with Gasteiger partial charge in [0.15, 0.2) is 0 Å². The molecule has 1 atom stereocenters. The van der Waals surface area contributed by atoms with Gasteiger partial charge in [-0.2, -0.15) is 0 Å². The topological polar surface area (TPSA) is 63.0 Å². The third-order valence-corrected chi connectivity index (χ3v) is 3.53. The number of nitrogens with zero attached hydrogens (tertiary/aromatic N) is 2. The minimum Gasteiger partial charge on any atom is -0.407 e. The molecule has 1 heterocycles. The average Bonchev–Trinajstić information content (AvgIpc) is 2.73. The van der Waals surface area contributed by atoms with Crippen LogP contribution in [0.15, 0.2) is 4.42 Å². The van der Waals surface area contributed by atoms with E-state index >= 15 is 0 Å². The Balaban J connectivity index is 1.87. The second-order valence-corrected chi connectivity index (χ2v) is 5.88. The first-order chi connectivity index (χ1) is 8.59. The van der Waals surface area contributed by atoms with Gasteiger partial charge in [0.2, 0.25) is 5.89 Å². The van der Waals surface area contributed by atoms with E-state index in [-0.39, 0.29) is 0 Å². The molecule has 1 aromatic heterocycles. The lowest BCUT2D eigenvalue weighted by atomic mass is 9.75. The Kier molecular flexibility index (Phi) is 4.22. The van der Waals surface area contributed by atoms with Crippen LogP contribution in [0, 0.1) is 5.41 Å². The Morgan fingerprint density at radius 1 is 1.39 bits per heavy atom. The summed E-state index contributed by atoms with van der Waals surface area (Å²) in [7, 11) is 0. The Morgan fingerprint density at radius 2 is 2.22 bits per heavy atom. The van der Waals surface area contributed by atoms with Crippen LogP contribution in [0.5, 0.6) is 0 Å². The second kappa shape index (κ2) is 5.69. The fourth-order valence-corrected chi connectivity index (χ4v) is 2.61. The van der Waals surface area contributed by atoms with Crippen LogP contribution in [0.25, 0.3) is 0 Å². The quantitative estimate of drug-likeness (QED) is 0.843. The summed E-state index contributed by atoms with van der Waals surface area (Å²) in [4.78, 5) is 0. The first-order valence-corrected chi connectivity index (χ1v) is 6.89. The van der Waals surface area contributed by atoms with Crippen molar-refractivity contribution in [3.63, 3.8) is 0 Å². The Hall–Kier alpha value is -1.10. The van der Waals surface area contributed by atoms with Gasteiger partial charge in [0.1, 0.15) is 0 Å². The van der Waals surface area contributed by atoms with Gasteiger partial charge in [-0.05, 0) is 31.2 Å². The SMILES string of the molecule is CCNCc1nnc(NC2CCCC(C)(C)C2)o1. The zero-order valence-electron chi connectivity index (χ0n) is 11.6. The summed E-state index contributed by atoms with van der Waals surface area (Å²) >= 11 is 0. The van der Waals surface area contributed by atoms with Crippen molar-refractivity contribution in [3.05, 3.63) is 5.89 Å². The molecule has 0 spiro atoms. The van der Waals surface area contributed by atoms with Crippen molar-refractivity contribution in [2.75, 3.05) is 11.9 Å². The van der Waals surface area contributed by atoms with Crippen LogP contribution in [0.4, 0.5) is 6.01 Å². The molecule has 5 nitrogen and oxygen atoms in total. The predicted octanol–water partition coefficient (Wildman–Crippen LogP) is 2.56. The first kappa shape index (κ1) is 13.3. The predicted molar refractivity (Wildman–Crippen MR) is 71.3 cm³/mol. The molecule has 5 heteroatoms. The van der Waals surface area contributed by atoms with Gasteiger partial charge in [-0.25, -0.2) is 0 Å². The zero-order chi connectivity index (χ0) is 13.0. The highest BCUT2D eigenvalue weighted by Crippen LogP contribution is 2.36. The molecule has 18 heavy (non-hydrogen) atoms. The van der Waals surface area contributed by atoms with E-state index in [1.54, 1.807) is 0 Å². The van der Waals surface area contributed by atoms with Crippen molar-refractivity contribution in [1.82, 2.24) is 15.5 Å². The summed E-state index contributed by atoms with van der Waals surface area (Å²) in [5, 5.41) is 14.6. The van der Waals surface area contributed by atoms with Crippen LogP contribution in [-0.4, -0.2) is 22.8 Å². The van der Waals surface area contributed by atoms with E-state index in [2.05, 4.69) is 41.6 Å². The van der Waals surface area contributed by atoms with Crippen LogP contribution in [0.3, 0.4) is 0 Å². The van der Waals surface area contributed by atoms with E-state index in [1.807, 2.05) is 0 Å². The van der Waals surface area contributed by atoms with E-state index in [9.17, 15) is 0 Å². The number of anilines is 1. The smallest absolute Gasteiger partial charge is 0.315 e. The molecule has 0 radical (unpaired) electrons. The van der Waals surface area contributed by atoms with Gasteiger partial charge in [-0.1, -0.05) is 32.3 Å². The summed E-state index contributed by atoms with van der Waals surface area (Å²) in [6, 6.07) is 1.02. The van der Waals surface area contributed by atoms with E-state index in [0.717, 1.165) is 13.0 Å². The fourth-order valence-electron chi connectivity index (χ4n) is 2.61. The summed E-state index contributed by atoms with van der Waals surface area (Å²) in [6.45, 7) is 8.25. The molecule has 0 aromatic carbocycles. The molecule has 1 unspecified atom stereocenters. The van der Waals surface area contributed by atoms with Crippen LogP contribution < -0.4 is 10.6 Å². The first-order valence-electron chi connectivity index (χ1n) is 6.89. The van der Waals surface area contributed by atoms with Gasteiger partial charge in [-0.3, -0.25) is 0 Å². The molecule has 0 amide bonds. The summed E-state index contributed by atoms with van der Waals surface area (Å²) in [5.41, 5.74) is 0.419. The number of aromatic nitrogens is 2. The van der Waals surface area contributed by atoms with Crippen molar-refractivity contribution >= 4 is 6.01 Å². The molecule has 1 aliphatic rings. The van der Waals surface area contributed by atoms with Crippen molar-refractivity contribution in [2.24, 2.45) is 5.41 Å². The maximum atomic E-state index is 5.56. The fraction of sp³-hybridized carbons (Fsp3) is 0.846. The highest BCUT2D eigenvalue weighted by atomic mass is 16.4. The zero-order valence-corrected chi connectivity index (χ0v) is 11.6. The van der Waals surface area contributed by atoms with Gasteiger partial charge < -0.3 is 15.1 Å². The monoisotopic (exact) mass is 252 g/mol. The normalized spacial score (nSPS) is 22.9. The molecule has 0 aliphatic heterocycles. The molecule has 1 aliphatic carbocycles. The standard InChI is InChI=1S/C13H24N4O/c1-4-14-9-11-16-17-12(18-11)15-10-6-5-7-13(2,3)8-10/h10,14H,4-9H2,1-3H3,(H,15,17). The van der Waals surface area contributed by atoms with Crippen LogP contribution in [0.1, 0.15) is 52.3 Å². The van der Waals surface area contributed by atoms with E-state index in [0.29, 0.717) is 29.9 Å². The van der Waals surface area contributed by atoms with E-state index < -0.39 is 0 Å². The largest absolute Gasteiger partial charge is 0.407 e. The molecular weight excluding hydrogens is 228 g/mol. The molecule has 2 rings (SSSR count). The maximum absolute atomic E-state index is 5.56.